The smallest absolute Gasteiger partial charge is 0.244 e. The summed E-state index contributed by atoms with van der Waals surface area (Å²) < 4.78 is 0.705. The minimum atomic E-state index is -1.14. The molecule has 0 bridgehead atoms. The Bertz CT molecular complexity index is 1170. The number of carbonyl (C=O) groups excluding carboxylic acids is 1. The van der Waals surface area contributed by atoms with Gasteiger partial charge in [-0.3, -0.25) is 19.9 Å². The Kier molecular flexibility index (Phi) is 6.71. The van der Waals surface area contributed by atoms with Gasteiger partial charge in [0.15, 0.2) is 0 Å². The normalized spacial score (nSPS) is 20.6. The SMILES string of the molecule is O=C1CC(c2ccccc2Br)[C@H]([N+](=O)[O-])[C@@H](c2ccc(O)c(CO)c2)N1Cc1cccnc1. The zero-order valence-electron chi connectivity index (χ0n) is 17.5. The van der Waals surface area contributed by atoms with E-state index in [2.05, 4.69) is 20.9 Å². The minimum absolute atomic E-state index is 0.0179. The molecule has 0 spiro atoms. The van der Waals surface area contributed by atoms with Gasteiger partial charge in [-0.25, -0.2) is 0 Å². The highest BCUT2D eigenvalue weighted by atomic mass is 79.9. The van der Waals surface area contributed by atoms with Crippen molar-refractivity contribution >= 4 is 21.8 Å². The van der Waals surface area contributed by atoms with E-state index in [1.165, 1.54) is 17.0 Å². The highest BCUT2D eigenvalue weighted by Crippen LogP contribution is 2.44. The van der Waals surface area contributed by atoms with Gasteiger partial charge in [0.05, 0.1) is 12.5 Å². The van der Waals surface area contributed by atoms with E-state index < -0.39 is 24.6 Å². The van der Waals surface area contributed by atoms with Crippen LogP contribution in [0, 0.1) is 10.1 Å². The van der Waals surface area contributed by atoms with E-state index in [1.54, 1.807) is 42.7 Å². The van der Waals surface area contributed by atoms with Crippen LogP contribution in [0.3, 0.4) is 0 Å². The molecule has 9 heteroatoms. The number of amides is 1. The third-order valence-electron chi connectivity index (χ3n) is 6.03. The summed E-state index contributed by atoms with van der Waals surface area (Å²) in [5.41, 5.74) is 2.16. The molecule has 0 radical (unpaired) electrons. The number of aliphatic hydroxyl groups is 1. The van der Waals surface area contributed by atoms with Gasteiger partial charge in [-0.2, -0.15) is 0 Å². The van der Waals surface area contributed by atoms with Crippen molar-refractivity contribution in [1.82, 2.24) is 9.88 Å². The van der Waals surface area contributed by atoms with Gasteiger partial charge in [0.2, 0.25) is 11.9 Å². The number of piperidine rings is 1. The number of rotatable bonds is 6. The summed E-state index contributed by atoms with van der Waals surface area (Å²) in [6.07, 6.45) is 3.23. The third-order valence-corrected chi connectivity index (χ3v) is 6.75. The van der Waals surface area contributed by atoms with Crippen LogP contribution in [0.4, 0.5) is 0 Å². The van der Waals surface area contributed by atoms with E-state index in [9.17, 15) is 25.1 Å². The molecule has 3 atom stereocenters. The summed E-state index contributed by atoms with van der Waals surface area (Å²) >= 11 is 3.48. The summed E-state index contributed by atoms with van der Waals surface area (Å²) in [4.78, 5) is 31.2. The maximum Gasteiger partial charge on any atom is 0.244 e. The van der Waals surface area contributed by atoms with Crippen molar-refractivity contribution in [3.05, 3.63) is 104 Å². The topological polar surface area (TPSA) is 117 Å². The van der Waals surface area contributed by atoms with Crippen LogP contribution in [-0.2, 0) is 17.9 Å². The largest absolute Gasteiger partial charge is 0.508 e. The number of pyridine rings is 1. The first-order valence-electron chi connectivity index (χ1n) is 10.4. The molecule has 0 aliphatic carbocycles. The minimum Gasteiger partial charge on any atom is -0.508 e. The molecule has 2 heterocycles. The molecule has 1 aliphatic heterocycles. The lowest BCUT2D eigenvalue weighted by Gasteiger charge is -2.41. The molecule has 4 rings (SSSR count). The van der Waals surface area contributed by atoms with Gasteiger partial charge in [-0.05, 0) is 41.0 Å². The lowest BCUT2D eigenvalue weighted by molar-refractivity contribution is -0.537. The number of aliphatic hydroxyl groups excluding tert-OH is 1. The second-order valence-electron chi connectivity index (χ2n) is 7.98. The van der Waals surface area contributed by atoms with E-state index in [-0.39, 0.29) is 35.1 Å². The van der Waals surface area contributed by atoms with Crippen molar-refractivity contribution in [2.45, 2.75) is 37.6 Å². The molecule has 33 heavy (non-hydrogen) atoms. The van der Waals surface area contributed by atoms with Crippen LogP contribution in [0.15, 0.2) is 71.5 Å². The fourth-order valence-corrected chi connectivity index (χ4v) is 5.06. The zero-order valence-corrected chi connectivity index (χ0v) is 19.1. The number of aromatic nitrogens is 1. The summed E-state index contributed by atoms with van der Waals surface area (Å²) in [5.74, 6) is -0.992. The molecule has 1 fully saturated rings. The van der Waals surface area contributed by atoms with Crippen LogP contribution < -0.4 is 0 Å². The summed E-state index contributed by atoms with van der Waals surface area (Å²) in [6, 6.07) is 13.2. The van der Waals surface area contributed by atoms with E-state index in [1.807, 2.05) is 12.1 Å². The maximum absolute atomic E-state index is 13.4. The van der Waals surface area contributed by atoms with E-state index in [0.717, 1.165) is 5.56 Å². The van der Waals surface area contributed by atoms with Gasteiger partial charge in [0.1, 0.15) is 11.8 Å². The summed E-state index contributed by atoms with van der Waals surface area (Å²) in [6.45, 7) is -0.278. The van der Waals surface area contributed by atoms with Gasteiger partial charge in [-0.1, -0.05) is 46.3 Å². The number of likely N-dealkylation sites (tertiary alicyclic amines) is 1. The molecule has 170 valence electrons. The van der Waals surface area contributed by atoms with E-state index >= 15 is 0 Å². The number of benzene rings is 2. The van der Waals surface area contributed by atoms with Crippen LogP contribution in [0.2, 0.25) is 0 Å². The average Bonchev–Trinajstić information content (AvgIpc) is 2.81. The second-order valence-corrected chi connectivity index (χ2v) is 8.84. The molecule has 1 aromatic heterocycles. The molecule has 1 unspecified atom stereocenters. The number of aromatic hydroxyl groups is 1. The second kappa shape index (κ2) is 9.68. The van der Waals surface area contributed by atoms with Gasteiger partial charge >= 0.3 is 0 Å². The number of phenols is 1. The number of carbonyl (C=O) groups is 1. The van der Waals surface area contributed by atoms with Crippen molar-refractivity contribution in [3.63, 3.8) is 0 Å². The van der Waals surface area contributed by atoms with Crippen LogP contribution in [0.25, 0.3) is 0 Å². The molecular weight excluding hydrogens is 490 g/mol. The molecular formula is C24H22BrN3O5. The van der Waals surface area contributed by atoms with Crippen LogP contribution in [-0.4, -0.2) is 37.0 Å². The zero-order chi connectivity index (χ0) is 23.5. The first-order chi connectivity index (χ1) is 15.9. The van der Waals surface area contributed by atoms with Gasteiger partial charge in [0.25, 0.3) is 0 Å². The van der Waals surface area contributed by atoms with Crippen molar-refractivity contribution in [2.75, 3.05) is 0 Å². The van der Waals surface area contributed by atoms with Crippen LogP contribution >= 0.6 is 15.9 Å². The highest BCUT2D eigenvalue weighted by Gasteiger charge is 2.51. The monoisotopic (exact) mass is 511 g/mol. The van der Waals surface area contributed by atoms with Gasteiger partial charge < -0.3 is 15.1 Å². The predicted octanol–water partition coefficient (Wildman–Crippen LogP) is 3.94. The Balaban J connectivity index is 1.86. The Morgan fingerprint density at radius 3 is 2.64 bits per heavy atom. The average molecular weight is 512 g/mol. The fourth-order valence-electron chi connectivity index (χ4n) is 4.49. The quantitative estimate of drug-likeness (QED) is 0.382. The fraction of sp³-hybridized carbons (Fsp3) is 0.250. The van der Waals surface area contributed by atoms with Gasteiger partial charge in [-0.15, -0.1) is 0 Å². The lowest BCUT2D eigenvalue weighted by atomic mass is 9.78. The molecule has 2 N–H and O–H groups in total. The Morgan fingerprint density at radius 1 is 1.18 bits per heavy atom. The summed E-state index contributed by atoms with van der Waals surface area (Å²) in [5, 5.41) is 32.2. The standard InChI is InChI=1S/C24H22BrN3O5/c25-20-6-2-1-5-18(20)19-11-22(31)27(13-15-4-3-9-26-12-15)23(24(19)28(32)33)16-7-8-21(30)17(10-16)14-29/h1-10,12,19,23-24,29-30H,11,13-14H2/t19?,23-,24+/m1/s1. The van der Waals surface area contributed by atoms with Crippen LogP contribution in [0.1, 0.15) is 40.6 Å². The van der Waals surface area contributed by atoms with Gasteiger partial charge in [0, 0.05) is 40.3 Å². The van der Waals surface area contributed by atoms with Crippen molar-refractivity contribution in [3.8, 4) is 5.75 Å². The predicted molar refractivity (Wildman–Crippen MR) is 124 cm³/mol. The van der Waals surface area contributed by atoms with E-state index in [0.29, 0.717) is 15.6 Å². The number of nitrogens with zero attached hydrogens (tertiary/aromatic N) is 3. The molecule has 1 saturated heterocycles. The third kappa shape index (κ3) is 4.60. The number of hydrogen-bond acceptors (Lipinski definition) is 6. The number of nitro groups is 1. The molecule has 0 saturated carbocycles. The van der Waals surface area contributed by atoms with Crippen molar-refractivity contribution < 1.29 is 19.9 Å². The Hall–Kier alpha value is -3.30. The molecule has 2 aromatic carbocycles. The maximum atomic E-state index is 13.4. The summed E-state index contributed by atoms with van der Waals surface area (Å²) in [7, 11) is 0. The van der Waals surface area contributed by atoms with E-state index in [4.69, 9.17) is 0 Å². The van der Waals surface area contributed by atoms with Crippen LogP contribution in [0.5, 0.6) is 5.75 Å². The molecule has 3 aromatic rings. The van der Waals surface area contributed by atoms with Crippen molar-refractivity contribution in [1.29, 1.82) is 0 Å². The first-order valence-corrected chi connectivity index (χ1v) is 11.2. The highest BCUT2D eigenvalue weighted by molar-refractivity contribution is 9.10. The molecule has 1 amide bonds. The number of halogens is 1. The van der Waals surface area contributed by atoms with Crippen molar-refractivity contribution in [2.24, 2.45) is 0 Å². The Labute approximate surface area is 198 Å². The first kappa shape index (κ1) is 22.9. The Morgan fingerprint density at radius 2 is 1.97 bits per heavy atom. The molecule has 8 nitrogen and oxygen atoms in total. The lowest BCUT2D eigenvalue weighted by Crippen LogP contribution is -2.51. The number of hydrogen-bond donors (Lipinski definition) is 2. The molecule has 1 aliphatic rings.